The molecule has 1 atom stereocenters. The van der Waals surface area contributed by atoms with Crippen molar-refractivity contribution in [1.29, 1.82) is 0 Å². The molecular weight excluding hydrogens is 262 g/mol. The first-order valence-electron chi connectivity index (χ1n) is 6.58. The van der Waals surface area contributed by atoms with Crippen molar-refractivity contribution in [1.82, 2.24) is 14.8 Å². The quantitative estimate of drug-likeness (QED) is 0.595. The van der Waals surface area contributed by atoms with Gasteiger partial charge in [0.1, 0.15) is 12.2 Å². The number of hydrogen-bond acceptors (Lipinski definition) is 5. The molecule has 0 fully saturated rings. The van der Waals surface area contributed by atoms with E-state index in [4.69, 9.17) is 4.74 Å². The Balaban J connectivity index is 3.00. The first-order chi connectivity index (χ1) is 9.31. The number of ether oxygens (including phenoxy) is 1. The van der Waals surface area contributed by atoms with Gasteiger partial charge < -0.3 is 9.84 Å². The van der Waals surface area contributed by atoms with Crippen LogP contribution >= 0.6 is 0 Å². The van der Waals surface area contributed by atoms with Gasteiger partial charge in [-0.05, 0) is 19.8 Å². The minimum absolute atomic E-state index is 0.0477. The first kappa shape index (κ1) is 16.1. The molecule has 0 amide bonds. The van der Waals surface area contributed by atoms with E-state index in [0.717, 1.165) is 0 Å². The van der Waals surface area contributed by atoms with Crippen LogP contribution in [0.25, 0.3) is 0 Å². The fourth-order valence-corrected chi connectivity index (χ4v) is 1.77. The van der Waals surface area contributed by atoms with E-state index in [9.17, 15) is 14.7 Å². The minimum atomic E-state index is -1.65. The third-order valence-corrected chi connectivity index (χ3v) is 2.94. The lowest BCUT2D eigenvalue weighted by Gasteiger charge is -2.22. The molecule has 1 aromatic rings. The van der Waals surface area contributed by atoms with Crippen LogP contribution in [0.15, 0.2) is 6.33 Å². The Labute approximate surface area is 118 Å². The van der Waals surface area contributed by atoms with Crippen LogP contribution in [-0.2, 0) is 27.3 Å². The van der Waals surface area contributed by atoms with Gasteiger partial charge in [0.05, 0.1) is 6.61 Å². The van der Waals surface area contributed by atoms with Crippen molar-refractivity contribution in [3.8, 4) is 0 Å². The maximum absolute atomic E-state index is 11.9. The maximum Gasteiger partial charge on any atom is 0.323 e. The van der Waals surface area contributed by atoms with Gasteiger partial charge in [-0.2, -0.15) is 5.10 Å². The molecular formula is C13H21N3O4. The highest BCUT2D eigenvalue weighted by Crippen LogP contribution is 2.24. The molecule has 0 spiro atoms. The van der Waals surface area contributed by atoms with Gasteiger partial charge in [0.15, 0.2) is 5.41 Å². The second kappa shape index (κ2) is 6.49. The van der Waals surface area contributed by atoms with Crippen LogP contribution in [0, 0.1) is 11.3 Å². The van der Waals surface area contributed by atoms with Crippen molar-refractivity contribution in [2.45, 2.75) is 40.7 Å². The molecule has 1 rings (SSSR count). The smallest absolute Gasteiger partial charge is 0.323 e. The normalized spacial score (nSPS) is 14.1. The predicted octanol–water partition coefficient (Wildman–Crippen LogP) is 1.13. The van der Waals surface area contributed by atoms with E-state index in [2.05, 4.69) is 10.1 Å². The summed E-state index contributed by atoms with van der Waals surface area (Å²) in [5, 5.41) is 13.4. The van der Waals surface area contributed by atoms with E-state index in [1.165, 1.54) is 13.3 Å². The fourth-order valence-electron chi connectivity index (χ4n) is 1.77. The lowest BCUT2D eigenvalue weighted by Crippen LogP contribution is -2.40. The molecule has 20 heavy (non-hydrogen) atoms. The second-order valence-electron chi connectivity index (χ2n) is 5.29. The summed E-state index contributed by atoms with van der Waals surface area (Å²) in [5.41, 5.74) is -1.65. The number of aromatic nitrogens is 3. The summed E-state index contributed by atoms with van der Waals surface area (Å²) in [5.74, 6) is -1.17. The highest BCUT2D eigenvalue weighted by atomic mass is 16.5. The van der Waals surface area contributed by atoms with E-state index in [1.807, 2.05) is 13.8 Å². The molecule has 0 saturated carbocycles. The number of hydrogen-bond donors (Lipinski definition) is 1. The van der Waals surface area contributed by atoms with Gasteiger partial charge in [0.25, 0.3) is 0 Å². The molecule has 0 aromatic carbocycles. The topological polar surface area (TPSA) is 94.3 Å². The Kier molecular flexibility index (Phi) is 5.24. The Bertz CT molecular complexity index is 484. The van der Waals surface area contributed by atoms with Crippen LogP contribution < -0.4 is 0 Å². The molecule has 1 aromatic heterocycles. The Morgan fingerprint density at radius 3 is 2.65 bits per heavy atom. The number of carbonyl (C=O) groups excluding carboxylic acids is 1. The third kappa shape index (κ3) is 3.55. The zero-order valence-corrected chi connectivity index (χ0v) is 12.3. The summed E-state index contributed by atoms with van der Waals surface area (Å²) in [6, 6.07) is 0. The third-order valence-electron chi connectivity index (χ3n) is 2.94. The minimum Gasteiger partial charge on any atom is -0.480 e. The Morgan fingerprint density at radius 2 is 2.15 bits per heavy atom. The summed E-state index contributed by atoms with van der Waals surface area (Å²) in [7, 11) is 0. The molecule has 7 heteroatoms. The highest BCUT2D eigenvalue weighted by Gasteiger charge is 2.44. The molecule has 0 aliphatic rings. The standard InChI is InChI=1S/C13H21N3O4/c1-5-20-12(19)13(4,11(17)18)6-10-14-8-15-16(10)7-9(2)3/h8-9H,5-7H2,1-4H3,(H,17,18). The molecule has 112 valence electrons. The summed E-state index contributed by atoms with van der Waals surface area (Å²) < 4.78 is 6.49. The second-order valence-corrected chi connectivity index (χ2v) is 5.29. The molecule has 1 heterocycles. The number of rotatable bonds is 7. The number of nitrogens with zero attached hydrogens (tertiary/aromatic N) is 3. The van der Waals surface area contributed by atoms with Gasteiger partial charge in [-0.15, -0.1) is 0 Å². The van der Waals surface area contributed by atoms with E-state index in [1.54, 1.807) is 11.6 Å². The average Bonchev–Trinajstić information content (AvgIpc) is 2.75. The van der Waals surface area contributed by atoms with Gasteiger partial charge in [0, 0.05) is 13.0 Å². The van der Waals surface area contributed by atoms with Crippen molar-refractivity contribution < 1.29 is 19.4 Å². The largest absolute Gasteiger partial charge is 0.480 e. The zero-order valence-electron chi connectivity index (χ0n) is 12.3. The monoisotopic (exact) mass is 283 g/mol. The summed E-state index contributed by atoms with van der Waals surface area (Å²) in [6.07, 6.45) is 1.32. The molecule has 7 nitrogen and oxygen atoms in total. The van der Waals surface area contributed by atoms with Crippen LogP contribution in [-0.4, -0.2) is 38.4 Å². The van der Waals surface area contributed by atoms with Crippen molar-refractivity contribution in [3.63, 3.8) is 0 Å². The number of aliphatic carboxylic acids is 1. The number of carboxylic acid groups (broad SMARTS) is 1. The molecule has 1 N–H and O–H groups in total. The highest BCUT2D eigenvalue weighted by molar-refractivity contribution is 5.98. The van der Waals surface area contributed by atoms with Crippen LogP contribution in [0.3, 0.4) is 0 Å². The van der Waals surface area contributed by atoms with Crippen molar-refractivity contribution in [2.24, 2.45) is 11.3 Å². The van der Waals surface area contributed by atoms with Crippen molar-refractivity contribution in [2.75, 3.05) is 6.61 Å². The van der Waals surface area contributed by atoms with Crippen LogP contribution in [0.1, 0.15) is 33.5 Å². The predicted molar refractivity (Wildman–Crippen MR) is 70.9 cm³/mol. The van der Waals surface area contributed by atoms with Gasteiger partial charge in [-0.25, -0.2) is 9.67 Å². The van der Waals surface area contributed by atoms with Crippen LogP contribution in [0.4, 0.5) is 0 Å². The number of carbonyl (C=O) groups is 2. The fraction of sp³-hybridized carbons (Fsp3) is 0.692. The molecule has 0 saturated heterocycles. The van der Waals surface area contributed by atoms with E-state index in [-0.39, 0.29) is 13.0 Å². The van der Waals surface area contributed by atoms with Gasteiger partial charge in [0.2, 0.25) is 0 Å². The van der Waals surface area contributed by atoms with Gasteiger partial charge >= 0.3 is 11.9 Å². The molecule has 0 bridgehead atoms. The van der Waals surface area contributed by atoms with Gasteiger partial charge in [-0.1, -0.05) is 13.8 Å². The number of esters is 1. The number of carboxylic acids is 1. The Hall–Kier alpha value is -1.92. The van der Waals surface area contributed by atoms with Crippen LogP contribution in [0.2, 0.25) is 0 Å². The van der Waals surface area contributed by atoms with Crippen LogP contribution in [0.5, 0.6) is 0 Å². The zero-order chi connectivity index (χ0) is 15.3. The lowest BCUT2D eigenvalue weighted by molar-refractivity contribution is -0.167. The maximum atomic E-state index is 11.9. The molecule has 0 radical (unpaired) electrons. The first-order valence-corrected chi connectivity index (χ1v) is 6.58. The van der Waals surface area contributed by atoms with E-state index < -0.39 is 17.4 Å². The summed E-state index contributed by atoms with van der Waals surface area (Å²) >= 11 is 0. The SMILES string of the molecule is CCOC(=O)C(C)(Cc1ncnn1CC(C)C)C(=O)O. The molecule has 0 aliphatic carbocycles. The molecule has 0 aliphatic heterocycles. The van der Waals surface area contributed by atoms with E-state index >= 15 is 0 Å². The summed E-state index contributed by atoms with van der Waals surface area (Å²) in [4.78, 5) is 27.4. The van der Waals surface area contributed by atoms with Gasteiger partial charge in [-0.3, -0.25) is 9.59 Å². The lowest BCUT2D eigenvalue weighted by atomic mass is 9.86. The summed E-state index contributed by atoms with van der Waals surface area (Å²) in [6.45, 7) is 7.79. The van der Waals surface area contributed by atoms with Crippen molar-refractivity contribution in [3.05, 3.63) is 12.2 Å². The van der Waals surface area contributed by atoms with E-state index in [0.29, 0.717) is 18.3 Å². The Morgan fingerprint density at radius 1 is 1.50 bits per heavy atom. The molecule has 1 unspecified atom stereocenters. The average molecular weight is 283 g/mol. The van der Waals surface area contributed by atoms with Crippen molar-refractivity contribution >= 4 is 11.9 Å².